The van der Waals surface area contributed by atoms with Crippen LogP contribution in [0.1, 0.15) is 30.9 Å². The van der Waals surface area contributed by atoms with Crippen molar-refractivity contribution in [2.45, 2.75) is 38.8 Å². The Kier molecular flexibility index (Phi) is 10.9. The van der Waals surface area contributed by atoms with Gasteiger partial charge in [0.05, 0.1) is 11.9 Å². The monoisotopic (exact) mass is 573 g/mol. The number of unbranched alkanes of at least 4 members (excludes halogenated alkanes) is 1. The van der Waals surface area contributed by atoms with Gasteiger partial charge in [-0.2, -0.15) is 0 Å². The quantitative estimate of drug-likeness (QED) is 0.298. The highest BCUT2D eigenvalue weighted by Crippen LogP contribution is 2.21. The van der Waals surface area contributed by atoms with Crippen LogP contribution >= 0.6 is 11.6 Å². The minimum atomic E-state index is -3.91. The average molecular weight is 574 g/mol. The van der Waals surface area contributed by atoms with Crippen molar-refractivity contribution in [1.29, 1.82) is 0 Å². The lowest BCUT2D eigenvalue weighted by Crippen LogP contribution is -2.53. The Bertz CT molecular complexity index is 1340. The summed E-state index contributed by atoms with van der Waals surface area (Å²) in [4.78, 5) is 28.8. The standard InChI is InChI=1S/C29H33ClFN3O4S/c1-3-4-18-32-29(36)27(19-22-8-6-5-7-9-22)33(20-23-10-12-24(30)13-11-23)28(35)21-34(39(2,37)38)26-16-14-25(31)15-17-26/h5-17,27H,3-4,18-21H2,1-2H3,(H,32,36)/t27-/m0/s1. The fourth-order valence-electron chi connectivity index (χ4n) is 4.07. The normalized spacial score (nSPS) is 12.0. The van der Waals surface area contributed by atoms with E-state index in [-0.39, 0.29) is 24.6 Å². The van der Waals surface area contributed by atoms with E-state index in [9.17, 15) is 22.4 Å². The molecular formula is C29H33ClFN3O4S. The van der Waals surface area contributed by atoms with Gasteiger partial charge in [-0.15, -0.1) is 0 Å². The summed E-state index contributed by atoms with van der Waals surface area (Å²) in [5.41, 5.74) is 1.71. The SMILES string of the molecule is CCCCNC(=O)[C@H](Cc1ccccc1)N(Cc1ccc(Cl)cc1)C(=O)CN(c1ccc(F)cc1)S(C)(=O)=O. The number of amides is 2. The fourth-order valence-corrected chi connectivity index (χ4v) is 5.04. The average Bonchev–Trinajstić information content (AvgIpc) is 2.91. The molecule has 7 nitrogen and oxygen atoms in total. The number of halogens is 2. The Hall–Kier alpha value is -3.43. The molecule has 1 N–H and O–H groups in total. The first-order valence-corrected chi connectivity index (χ1v) is 14.9. The van der Waals surface area contributed by atoms with Crippen LogP contribution in [0.2, 0.25) is 5.02 Å². The first-order valence-electron chi connectivity index (χ1n) is 12.7. The number of carbonyl (C=O) groups excluding carboxylic acids is 2. The Balaban J connectivity index is 2.01. The van der Waals surface area contributed by atoms with Crippen LogP contribution in [0.5, 0.6) is 0 Å². The molecule has 0 fully saturated rings. The van der Waals surface area contributed by atoms with Crippen molar-refractivity contribution in [3.63, 3.8) is 0 Å². The zero-order valence-electron chi connectivity index (χ0n) is 22.0. The largest absolute Gasteiger partial charge is 0.354 e. The zero-order valence-corrected chi connectivity index (χ0v) is 23.6. The number of rotatable bonds is 13. The molecule has 3 aromatic rings. The topological polar surface area (TPSA) is 86.8 Å². The van der Waals surface area contributed by atoms with Gasteiger partial charge in [-0.05, 0) is 53.9 Å². The Labute approximate surface area is 234 Å². The van der Waals surface area contributed by atoms with E-state index in [1.54, 1.807) is 24.3 Å². The summed E-state index contributed by atoms with van der Waals surface area (Å²) in [5, 5.41) is 3.45. The number of sulfonamides is 1. The number of nitrogens with one attached hydrogen (secondary N) is 1. The summed E-state index contributed by atoms with van der Waals surface area (Å²) in [5.74, 6) is -1.44. The van der Waals surface area contributed by atoms with Crippen LogP contribution in [-0.2, 0) is 32.6 Å². The van der Waals surface area contributed by atoms with Crippen molar-refractivity contribution in [3.05, 3.63) is 101 Å². The molecule has 1 atom stereocenters. The van der Waals surface area contributed by atoms with Crippen molar-refractivity contribution in [3.8, 4) is 0 Å². The maximum absolute atomic E-state index is 13.9. The van der Waals surface area contributed by atoms with Crippen LogP contribution in [0, 0.1) is 5.82 Å². The van der Waals surface area contributed by atoms with Gasteiger partial charge in [0.1, 0.15) is 18.4 Å². The predicted molar refractivity (Wildman–Crippen MR) is 152 cm³/mol. The van der Waals surface area contributed by atoms with Crippen LogP contribution in [0.15, 0.2) is 78.9 Å². The highest BCUT2D eigenvalue weighted by molar-refractivity contribution is 7.92. The van der Waals surface area contributed by atoms with Gasteiger partial charge in [0.2, 0.25) is 21.8 Å². The van der Waals surface area contributed by atoms with Crippen LogP contribution in [-0.4, -0.2) is 50.5 Å². The summed E-state index contributed by atoms with van der Waals surface area (Å²) >= 11 is 6.06. The molecule has 0 aromatic heterocycles. The molecule has 10 heteroatoms. The second kappa shape index (κ2) is 14.1. The van der Waals surface area contributed by atoms with Gasteiger partial charge in [0.15, 0.2) is 0 Å². The van der Waals surface area contributed by atoms with E-state index in [0.29, 0.717) is 11.6 Å². The molecule has 208 valence electrons. The smallest absolute Gasteiger partial charge is 0.244 e. The molecule has 0 saturated carbocycles. The molecule has 0 saturated heterocycles. The van der Waals surface area contributed by atoms with Crippen LogP contribution in [0.4, 0.5) is 10.1 Å². The van der Waals surface area contributed by atoms with E-state index in [2.05, 4.69) is 5.32 Å². The predicted octanol–water partition coefficient (Wildman–Crippen LogP) is 4.80. The molecule has 0 radical (unpaired) electrons. The van der Waals surface area contributed by atoms with E-state index < -0.39 is 34.3 Å². The molecule has 3 rings (SSSR count). The molecule has 0 spiro atoms. The highest BCUT2D eigenvalue weighted by Gasteiger charge is 2.33. The number of hydrogen-bond donors (Lipinski definition) is 1. The van der Waals surface area contributed by atoms with Crippen LogP contribution in [0.25, 0.3) is 0 Å². The van der Waals surface area contributed by atoms with Gasteiger partial charge in [0.25, 0.3) is 0 Å². The summed E-state index contributed by atoms with van der Waals surface area (Å²) in [6, 6.07) is 20.1. The van der Waals surface area contributed by atoms with Crippen molar-refractivity contribution in [2.75, 3.05) is 23.7 Å². The van der Waals surface area contributed by atoms with Crippen molar-refractivity contribution in [1.82, 2.24) is 10.2 Å². The molecule has 3 aromatic carbocycles. The van der Waals surface area contributed by atoms with Crippen molar-refractivity contribution in [2.24, 2.45) is 0 Å². The summed E-state index contributed by atoms with van der Waals surface area (Å²) in [6.45, 7) is 1.95. The molecule has 0 aliphatic rings. The maximum Gasteiger partial charge on any atom is 0.244 e. The van der Waals surface area contributed by atoms with Crippen molar-refractivity contribution < 1.29 is 22.4 Å². The van der Waals surface area contributed by atoms with E-state index in [4.69, 9.17) is 11.6 Å². The Morgan fingerprint density at radius 2 is 1.59 bits per heavy atom. The lowest BCUT2D eigenvalue weighted by Gasteiger charge is -2.33. The Morgan fingerprint density at radius 1 is 0.949 bits per heavy atom. The molecule has 0 bridgehead atoms. The number of carbonyl (C=O) groups is 2. The second-order valence-electron chi connectivity index (χ2n) is 9.24. The fraction of sp³-hybridized carbons (Fsp3) is 0.310. The first-order chi connectivity index (χ1) is 18.6. The number of nitrogens with zero attached hydrogens (tertiary/aromatic N) is 2. The first kappa shape index (κ1) is 30.1. The van der Waals surface area contributed by atoms with Gasteiger partial charge >= 0.3 is 0 Å². The lowest BCUT2D eigenvalue weighted by atomic mass is 10.0. The van der Waals surface area contributed by atoms with Crippen LogP contribution in [0.3, 0.4) is 0 Å². The van der Waals surface area contributed by atoms with E-state index >= 15 is 0 Å². The molecular weight excluding hydrogens is 541 g/mol. The van der Waals surface area contributed by atoms with Gasteiger partial charge < -0.3 is 10.2 Å². The summed E-state index contributed by atoms with van der Waals surface area (Å²) in [6.07, 6.45) is 2.87. The van der Waals surface area contributed by atoms with Crippen LogP contribution < -0.4 is 9.62 Å². The third-order valence-electron chi connectivity index (χ3n) is 6.16. The van der Waals surface area contributed by atoms with E-state index in [0.717, 1.165) is 46.7 Å². The summed E-state index contributed by atoms with van der Waals surface area (Å²) < 4.78 is 39.9. The van der Waals surface area contributed by atoms with Gasteiger partial charge in [-0.3, -0.25) is 13.9 Å². The third kappa shape index (κ3) is 9.07. The zero-order chi connectivity index (χ0) is 28.4. The minimum Gasteiger partial charge on any atom is -0.354 e. The van der Waals surface area contributed by atoms with Gasteiger partial charge in [0, 0.05) is 24.5 Å². The number of anilines is 1. The summed E-state index contributed by atoms with van der Waals surface area (Å²) in [7, 11) is -3.91. The highest BCUT2D eigenvalue weighted by atomic mass is 35.5. The van der Waals surface area contributed by atoms with E-state index in [1.807, 2.05) is 37.3 Å². The molecule has 0 unspecified atom stereocenters. The lowest BCUT2D eigenvalue weighted by molar-refractivity contribution is -0.140. The van der Waals surface area contributed by atoms with Gasteiger partial charge in [-0.1, -0.05) is 67.4 Å². The molecule has 39 heavy (non-hydrogen) atoms. The minimum absolute atomic E-state index is 0.0513. The van der Waals surface area contributed by atoms with E-state index in [1.165, 1.54) is 17.0 Å². The Morgan fingerprint density at radius 3 is 2.18 bits per heavy atom. The number of benzene rings is 3. The maximum atomic E-state index is 13.9. The number of hydrogen-bond acceptors (Lipinski definition) is 4. The van der Waals surface area contributed by atoms with Gasteiger partial charge in [-0.25, -0.2) is 12.8 Å². The molecule has 0 aliphatic heterocycles. The second-order valence-corrected chi connectivity index (χ2v) is 11.6. The molecule has 0 heterocycles. The molecule has 2 amide bonds. The third-order valence-corrected chi connectivity index (χ3v) is 7.55. The molecule has 0 aliphatic carbocycles. The van der Waals surface area contributed by atoms with Crippen molar-refractivity contribution >= 4 is 39.1 Å².